The minimum Gasteiger partial charge on any atom is -0.395 e. The second kappa shape index (κ2) is 5.88. The highest BCUT2D eigenvalue weighted by Gasteiger charge is 2.34. The third-order valence-corrected chi connectivity index (χ3v) is 5.89. The van der Waals surface area contributed by atoms with Gasteiger partial charge in [0.05, 0.1) is 0 Å². The first-order valence-corrected chi connectivity index (χ1v) is 7.90. The number of hydrogen-bond acceptors (Lipinski definition) is 2. The molecule has 0 aliphatic heterocycles. The fourth-order valence-electron chi connectivity index (χ4n) is 1.31. The Morgan fingerprint density at radius 1 is 0.929 bits per heavy atom. The van der Waals surface area contributed by atoms with Crippen LogP contribution < -0.4 is 0 Å². The third-order valence-electron chi connectivity index (χ3n) is 2.25. The van der Waals surface area contributed by atoms with Crippen molar-refractivity contribution in [2.45, 2.75) is 53.6 Å². The summed E-state index contributed by atoms with van der Waals surface area (Å²) in [6.45, 7) is 14.6. The SMILES string of the molecule is CCO[Si](CC)(CC)OCC(C)(C)C. The fourth-order valence-corrected chi connectivity index (χ4v) is 3.93. The smallest absolute Gasteiger partial charge is 0.337 e. The molecule has 14 heavy (non-hydrogen) atoms. The van der Waals surface area contributed by atoms with Gasteiger partial charge in [-0.1, -0.05) is 34.6 Å². The molecule has 0 radical (unpaired) electrons. The molecule has 0 saturated carbocycles. The van der Waals surface area contributed by atoms with Gasteiger partial charge in [0.1, 0.15) is 0 Å². The molecule has 0 rings (SSSR count). The molecule has 0 aromatic rings. The standard InChI is InChI=1S/C11H26O2Si/c1-7-12-14(8-2,9-3)13-10-11(4,5)6/h7-10H2,1-6H3. The van der Waals surface area contributed by atoms with Crippen LogP contribution in [-0.2, 0) is 8.85 Å². The van der Waals surface area contributed by atoms with E-state index in [1.165, 1.54) is 0 Å². The highest BCUT2D eigenvalue weighted by molar-refractivity contribution is 6.67. The molecular weight excluding hydrogens is 192 g/mol. The summed E-state index contributed by atoms with van der Waals surface area (Å²) in [5, 5.41) is 0. The van der Waals surface area contributed by atoms with E-state index in [1.807, 2.05) is 6.92 Å². The summed E-state index contributed by atoms with van der Waals surface area (Å²) in [4.78, 5) is 0. The zero-order chi connectivity index (χ0) is 11.2. The van der Waals surface area contributed by atoms with Crippen LogP contribution in [0.25, 0.3) is 0 Å². The molecule has 0 spiro atoms. The minimum atomic E-state index is -1.85. The summed E-state index contributed by atoms with van der Waals surface area (Å²) in [5.41, 5.74) is 0.236. The molecule has 0 unspecified atom stereocenters. The van der Waals surface area contributed by atoms with Crippen LogP contribution in [0.4, 0.5) is 0 Å². The van der Waals surface area contributed by atoms with Gasteiger partial charge in [-0.15, -0.1) is 0 Å². The van der Waals surface area contributed by atoms with E-state index >= 15 is 0 Å². The molecule has 0 heterocycles. The molecular formula is C11H26O2Si. The highest BCUT2D eigenvalue weighted by atomic mass is 28.4. The van der Waals surface area contributed by atoms with Crippen LogP contribution in [0.2, 0.25) is 12.1 Å². The van der Waals surface area contributed by atoms with Crippen molar-refractivity contribution in [1.29, 1.82) is 0 Å². The van der Waals surface area contributed by atoms with Gasteiger partial charge >= 0.3 is 8.56 Å². The predicted molar refractivity (Wildman–Crippen MR) is 63.7 cm³/mol. The topological polar surface area (TPSA) is 18.5 Å². The Kier molecular flexibility index (Phi) is 5.94. The largest absolute Gasteiger partial charge is 0.395 e. The first-order chi connectivity index (χ1) is 6.39. The van der Waals surface area contributed by atoms with E-state index < -0.39 is 8.56 Å². The maximum atomic E-state index is 6.05. The molecule has 0 fully saturated rings. The first kappa shape index (κ1) is 14.1. The van der Waals surface area contributed by atoms with Crippen molar-refractivity contribution in [2.75, 3.05) is 13.2 Å². The van der Waals surface area contributed by atoms with Gasteiger partial charge in [0.15, 0.2) is 0 Å². The van der Waals surface area contributed by atoms with Gasteiger partial charge in [-0.3, -0.25) is 0 Å². The van der Waals surface area contributed by atoms with Crippen molar-refractivity contribution < 1.29 is 8.85 Å². The van der Waals surface area contributed by atoms with E-state index in [0.717, 1.165) is 25.3 Å². The Morgan fingerprint density at radius 3 is 1.71 bits per heavy atom. The Labute approximate surface area is 90.2 Å². The van der Waals surface area contributed by atoms with Crippen LogP contribution in [0.5, 0.6) is 0 Å². The van der Waals surface area contributed by atoms with E-state index in [-0.39, 0.29) is 5.41 Å². The van der Waals surface area contributed by atoms with Crippen LogP contribution in [0.15, 0.2) is 0 Å². The van der Waals surface area contributed by atoms with Gasteiger partial charge < -0.3 is 8.85 Å². The van der Waals surface area contributed by atoms with E-state index in [9.17, 15) is 0 Å². The molecule has 0 aromatic carbocycles. The monoisotopic (exact) mass is 218 g/mol. The lowest BCUT2D eigenvalue weighted by atomic mass is 9.99. The lowest BCUT2D eigenvalue weighted by molar-refractivity contribution is 0.124. The van der Waals surface area contributed by atoms with Gasteiger partial charge in [0, 0.05) is 13.2 Å². The highest BCUT2D eigenvalue weighted by Crippen LogP contribution is 2.23. The van der Waals surface area contributed by atoms with Crippen molar-refractivity contribution in [3.8, 4) is 0 Å². The summed E-state index contributed by atoms with van der Waals surface area (Å²) >= 11 is 0. The molecule has 0 aromatic heterocycles. The van der Waals surface area contributed by atoms with E-state index in [2.05, 4.69) is 34.6 Å². The fraction of sp³-hybridized carbons (Fsp3) is 1.00. The molecule has 3 heteroatoms. The second-order valence-electron chi connectivity index (χ2n) is 4.90. The molecule has 0 saturated heterocycles. The van der Waals surface area contributed by atoms with E-state index in [1.54, 1.807) is 0 Å². The quantitative estimate of drug-likeness (QED) is 0.635. The van der Waals surface area contributed by atoms with Crippen LogP contribution in [0.3, 0.4) is 0 Å². The van der Waals surface area contributed by atoms with E-state index in [0.29, 0.717) is 0 Å². The summed E-state index contributed by atoms with van der Waals surface area (Å²) in [6.07, 6.45) is 0. The molecule has 0 N–H and O–H groups in total. The minimum absolute atomic E-state index is 0.236. The van der Waals surface area contributed by atoms with E-state index in [4.69, 9.17) is 8.85 Å². The van der Waals surface area contributed by atoms with Crippen LogP contribution in [-0.4, -0.2) is 21.8 Å². The van der Waals surface area contributed by atoms with Crippen molar-refractivity contribution >= 4 is 8.56 Å². The average Bonchev–Trinajstić information content (AvgIpc) is 2.11. The lowest BCUT2D eigenvalue weighted by Crippen LogP contribution is -2.42. The van der Waals surface area contributed by atoms with Gasteiger partial charge in [-0.2, -0.15) is 0 Å². The van der Waals surface area contributed by atoms with Crippen molar-refractivity contribution in [3.05, 3.63) is 0 Å². The third kappa shape index (κ3) is 5.13. The van der Waals surface area contributed by atoms with Crippen LogP contribution >= 0.6 is 0 Å². The summed E-state index contributed by atoms with van der Waals surface area (Å²) < 4.78 is 11.9. The maximum Gasteiger partial charge on any atom is 0.337 e. The molecule has 0 aliphatic carbocycles. The summed E-state index contributed by atoms with van der Waals surface area (Å²) in [6, 6.07) is 2.10. The van der Waals surface area contributed by atoms with Crippen LogP contribution in [0, 0.1) is 5.41 Å². The summed E-state index contributed by atoms with van der Waals surface area (Å²) in [7, 11) is -1.85. The van der Waals surface area contributed by atoms with Crippen molar-refractivity contribution in [1.82, 2.24) is 0 Å². The van der Waals surface area contributed by atoms with Gasteiger partial charge in [-0.05, 0) is 24.4 Å². The zero-order valence-electron chi connectivity index (χ0n) is 10.6. The molecule has 86 valence electrons. The Hall–Kier alpha value is 0.137. The first-order valence-electron chi connectivity index (χ1n) is 5.67. The summed E-state index contributed by atoms with van der Waals surface area (Å²) in [5.74, 6) is 0. The average molecular weight is 218 g/mol. The van der Waals surface area contributed by atoms with Gasteiger partial charge in [0.25, 0.3) is 0 Å². The van der Waals surface area contributed by atoms with Crippen molar-refractivity contribution in [2.24, 2.45) is 5.41 Å². The zero-order valence-corrected chi connectivity index (χ0v) is 11.6. The van der Waals surface area contributed by atoms with Crippen LogP contribution in [0.1, 0.15) is 41.5 Å². The second-order valence-corrected chi connectivity index (χ2v) is 8.71. The predicted octanol–water partition coefficient (Wildman–Crippen LogP) is 3.57. The molecule has 0 amide bonds. The Bertz CT molecular complexity index is 148. The number of rotatable bonds is 6. The van der Waals surface area contributed by atoms with Gasteiger partial charge in [0.2, 0.25) is 0 Å². The normalized spacial score (nSPS) is 13.3. The molecule has 0 bridgehead atoms. The molecule has 0 atom stereocenters. The lowest BCUT2D eigenvalue weighted by Gasteiger charge is -2.31. The molecule has 0 aliphatic rings. The molecule has 2 nitrogen and oxygen atoms in total. The van der Waals surface area contributed by atoms with Crippen molar-refractivity contribution in [3.63, 3.8) is 0 Å². The number of hydrogen-bond donors (Lipinski definition) is 0. The van der Waals surface area contributed by atoms with Gasteiger partial charge in [-0.25, -0.2) is 0 Å². The Morgan fingerprint density at radius 2 is 1.43 bits per heavy atom. The Balaban J connectivity index is 4.21. The maximum absolute atomic E-state index is 6.05.